The molecule has 1 aromatic heterocycles. The normalized spacial score (nSPS) is 23.9. The first-order chi connectivity index (χ1) is 13.5. The van der Waals surface area contributed by atoms with Crippen LogP contribution in [0.4, 0.5) is 10.1 Å². The summed E-state index contributed by atoms with van der Waals surface area (Å²) in [5.41, 5.74) is 0.116. The van der Waals surface area contributed by atoms with Crippen LogP contribution in [0, 0.1) is 11.7 Å². The van der Waals surface area contributed by atoms with Crippen molar-refractivity contribution in [3.05, 3.63) is 59.8 Å². The summed E-state index contributed by atoms with van der Waals surface area (Å²) in [6.45, 7) is 2.18. The fourth-order valence-corrected chi connectivity index (χ4v) is 4.44. The molecular formula is C21H21FN2O3S. The number of thioether (sulfide) groups is 1. The van der Waals surface area contributed by atoms with Gasteiger partial charge in [0.15, 0.2) is 0 Å². The van der Waals surface area contributed by atoms with Gasteiger partial charge in [0.25, 0.3) is 0 Å². The van der Waals surface area contributed by atoms with E-state index in [2.05, 4.69) is 12.2 Å². The van der Waals surface area contributed by atoms with Crippen LogP contribution >= 0.6 is 11.8 Å². The van der Waals surface area contributed by atoms with Gasteiger partial charge >= 0.3 is 0 Å². The number of halogens is 1. The maximum Gasteiger partial charge on any atom is 0.248 e. The first-order valence-corrected chi connectivity index (χ1v) is 10.4. The summed E-state index contributed by atoms with van der Waals surface area (Å²) in [4.78, 5) is 26.6. The molecule has 2 fully saturated rings. The van der Waals surface area contributed by atoms with Crippen LogP contribution in [-0.2, 0) is 9.59 Å². The molecule has 1 aliphatic heterocycles. The Morgan fingerprint density at radius 2 is 2.07 bits per heavy atom. The van der Waals surface area contributed by atoms with Gasteiger partial charge in [0, 0.05) is 17.7 Å². The van der Waals surface area contributed by atoms with E-state index in [1.165, 1.54) is 34.9 Å². The Bertz CT molecular complexity index is 926. The number of hydrogen-bond donors (Lipinski definition) is 1. The molecule has 7 heteroatoms. The number of rotatable bonds is 5. The number of amides is 2. The average molecular weight is 400 g/mol. The lowest BCUT2D eigenvalue weighted by Crippen LogP contribution is -2.44. The van der Waals surface area contributed by atoms with Crippen LogP contribution in [0.1, 0.15) is 30.8 Å². The Kier molecular flexibility index (Phi) is 5.26. The summed E-state index contributed by atoms with van der Waals surface area (Å²) in [5.74, 6) is 2.46. The van der Waals surface area contributed by atoms with Crippen molar-refractivity contribution in [2.45, 2.75) is 25.3 Å². The number of furan rings is 1. The summed E-state index contributed by atoms with van der Waals surface area (Å²) < 4.78 is 19.5. The molecule has 3 unspecified atom stereocenters. The topological polar surface area (TPSA) is 62.6 Å². The molecule has 0 spiro atoms. The summed E-state index contributed by atoms with van der Waals surface area (Å²) in [5, 5.41) is 2.57. The smallest absolute Gasteiger partial charge is 0.248 e. The van der Waals surface area contributed by atoms with Crippen LogP contribution in [0.2, 0.25) is 0 Å². The quantitative estimate of drug-likeness (QED) is 0.768. The van der Waals surface area contributed by atoms with Crippen molar-refractivity contribution in [1.82, 2.24) is 4.90 Å². The predicted octanol–water partition coefficient (Wildman–Crippen LogP) is 4.10. The molecule has 1 aliphatic carbocycles. The zero-order chi connectivity index (χ0) is 19.7. The van der Waals surface area contributed by atoms with E-state index in [1.807, 2.05) is 12.1 Å². The summed E-state index contributed by atoms with van der Waals surface area (Å²) in [7, 11) is 0. The lowest BCUT2D eigenvalue weighted by Gasteiger charge is -2.21. The van der Waals surface area contributed by atoms with Crippen molar-refractivity contribution >= 4 is 35.3 Å². The summed E-state index contributed by atoms with van der Waals surface area (Å²) in [6.07, 6.45) is 4.20. The number of anilines is 1. The van der Waals surface area contributed by atoms with Crippen LogP contribution in [-0.4, -0.2) is 34.4 Å². The lowest BCUT2D eigenvalue weighted by molar-refractivity contribution is -0.132. The minimum atomic E-state index is -0.638. The van der Waals surface area contributed by atoms with E-state index in [1.54, 1.807) is 18.2 Å². The van der Waals surface area contributed by atoms with Gasteiger partial charge in [0.2, 0.25) is 11.8 Å². The second-order valence-corrected chi connectivity index (χ2v) is 8.19. The number of carbonyl (C=O) groups excluding carboxylic acids is 2. The number of carbonyl (C=O) groups is 2. The third-order valence-electron chi connectivity index (χ3n) is 5.11. The highest BCUT2D eigenvalue weighted by Crippen LogP contribution is 2.47. The van der Waals surface area contributed by atoms with Crippen molar-refractivity contribution in [3.63, 3.8) is 0 Å². The third-order valence-corrected chi connectivity index (χ3v) is 6.12. The van der Waals surface area contributed by atoms with E-state index in [-0.39, 0.29) is 17.5 Å². The molecule has 2 aromatic rings. The molecule has 5 nitrogen and oxygen atoms in total. The molecule has 146 valence electrons. The fraction of sp³-hybridized carbons (Fsp3) is 0.333. The maximum atomic E-state index is 13.8. The Hall–Kier alpha value is -2.54. The standard InChI is InChI=1S/C21H21FN2O3S/c1-13-10-15(13)19-8-6-14(27-19)7-9-20(25)24-12-28-11-18(24)21(26)23-17-5-3-2-4-16(17)22/h2-9,13,15,18H,10-12H2,1H3,(H,23,26). The monoisotopic (exact) mass is 400 g/mol. The van der Waals surface area contributed by atoms with Gasteiger partial charge in [-0.1, -0.05) is 19.1 Å². The molecule has 28 heavy (non-hydrogen) atoms. The lowest BCUT2D eigenvalue weighted by atomic mass is 10.2. The first-order valence-electron chi connectivity index (χ1n) is 9.24. The van der Waals surface area contributed by atoms with E-state index in [0.717, 1.165) is 12.2 Å². The molecule has 1 saturated heterocycles. The van der Waals surface area contributed by atoms with Gasteiger partial charge in [-0.3, -0.25) is 9.59 Å². The molecule has 2 heterocycles. The zero-order valence-corrected chi connectivity index (χ0v) is 16.2. The number of nitrogens with zero attached hydrogens (tertiary/aromatic N) is 1. The molecular weight excluding hydrogens is 379 g/mol. The van der Waals surface area contributed by atoms with Crippen LogP contribution < -0.4 is 5.32 Å². The Labute approximate surface area is 167 Å². The number of benzene rings is 1. The molecule has 0 bridgehead atoms. The van der Waals surface area contributed by atoms with Crippen LogP contribution in [0.25, 0.3) is 6.08 Å². The average Bonchev–Trinajstić information content (AvgIpc) is 3.10. The minimum Gasteiger partial charge on any atom is -0.461 e. The van der Waals surface area contributed by atoms with E-state index in [4.69, 9.17) is 4.42 Å². The van der Waals surface area contributed by atoms with Gasteiger partial charge in [-0.15, -0.1) is 11.8 Å². The Balaban J connectivity index is 1.39. The summed E-state index contributed by atoms with van der Waals surface area (Å²) in [6, 6.07) is 9.15. The van der Waals surface area contributed by atoms with E-state index >= 15 is 0 Å². The number of hydrogen-bond acceptors (Lipinski definition) is 4. The molecule has 2 amide bonds. The van der Waals surface area contributed by atoms with Crippen LogP contribution in [0.15, 0.2) is 46.9 Å². The Morgan fingerprint density at radius 1 is 1.29 bits per heavy atom. The van der Waals surface area contributed by atoms with Gasteiger partial charge < -0.3 is 14.6 Å². The van der Waals surface area contributed by atoms with Gasteiger partial charge in [-0.25, -0.2) is 4.39 Å². The highest BCUT2D eigenvalue weighted by Gasteiger charge is 2.36. The van der Waals surface area contributed by atoms with E-state index in [9.17, 15) is 14.0 Å². The predicted molar refractivity (Wildman–Crippen MR) is 107 cm³/mol. The molecule has 2 aliphatic rings. The molecule has 1 saturated carbocycles. The second-order valence-electron chi connectivity index (χ2n) is 7.19. The second kappa shape index (κ2) is 7.83. The van der Waals surface area contributed by atoms with E-state index in [0.29, 0.717) is 29.2 Å². The molecule has 3 atom stereocenters. The molecule has 0 radical (unpaired) electrons. The highest BCUT2D eigenvalue weighted by atomic mass is 32.2. The van der Waals surface area contributed by atoms with E-state index < -0.39 is 11.9 Å². The van der Waals surface area contributed by atoms with Gasteiger partial charge in [0.1, 0.15) is 23.4 Å². The van der Waals surface area contributed by atoms with Crippen molar-refractivity contribution in [3.8, 4) is 0 Å². The van der Waals surface area contributed by atoms with Crippen LogP contribution in [0.3, 0.4) is 0 Å². The third kappa shape index (κ3) is 3.99. The number of nitrogens with one attached hydrogen (secondary N) is 1. The minimum absolute atomic E-state index is 0.116. The van der Waals surface area contributed by atoms with Crippen molar-refractivity contribution < 1.29 is 18.4 Å². The van der Waals surface area contributed by atoms with Crippen molar-refractivity contribution in [1.29, 1.82) is 0 Å². The van der Waals surface area contributed by atoms with Crippen molar-refractivity contribution in [2.75, 3.05) is 16.9 Å². The van der Waals surface area contributed by atoms with Gasteiger partial charge in [0.05, 0.1) is 11.6 Å². The van der Waals surface area contributed by atoms with Crippen LogP contribution in [0.5, 0.6) is 0 Å². The first kappa shape index (κ1) is 18.8. The van der Waals surface area contributed by atoms with Gasteiger partial charge in [-0.2, -0.15) is 0 Å². The van der Waals surface area contributed by atoms with Gasteiger partial charge in [-0.05, 0) is 42.7 Å². The molecule has 1 aromatic carbocycles. The number of para-hydroxylation sites is 1. The van der Waals surface area contributed by atoms with Crippen molar-refractivity contribution in [2.24, 2.45) is 5.92 Å². The molecule has 4 rings (SSSR count). The molecule has 1 N–H and O–H groups in total. The SMILES string of the molecule is CC1CC1c1ccc(C=CC(=O)N2CSCC2C(=O)Nc2ccccc2F)o1. The fourth-order valence-electron chi connectivity index (χ4n) is 3.28. The maximum absolute atomic E-state index is 13.8. The highest BCUT2D eigenvalue weighted by molar-refractivity contribution is 7.99. The Morgan fingerprint density at radius 3 is 2.82 bits per heavy atom. The summed E-state index contributed by atoms with van der Waals surface area (Å²) >= 11 is 1.49. The largest absolute Gasteiger partial charge is 0.461 e. The zero-order valence-electron chi connectivity index (χ0n) is 15.4.